The molecule has 8 heteroatoms. The van der Waals surface area contributed by atoms with Crippen LogP contribution >= 0.6 is 22.7 Å². The molecule has 3 heterocycles. The van der Waals surface area contributed by atoms with Crippen LogP contribution in [-0.2, 0) is 6.42 Å². The molecule has 4 rings (SSSR count). The Morgan fingerprint density at radius 2 is 1.96 bits per heavy atom. The van der Waals surface area contributed by atoms with E-state index in [-0.39, 0.29) is 0 Å². The fourth-order valence-corrected chi connectivity index (χ4v) is 4.59. The number of rotatable bonds is 3. The number of fused-ring (bicyclic) bond motifs is 1. The third kappa shape index (κ3) is 2.84. The van der Waals surface area contributed by atoms with E-state index in [1.165, 1.54) is 22.7 Å². The number of carbonyl (C=O) groups excluding carboxylic acids is 1. The molecule has 0 atom stereocenters. The maximum atomic E-state index is 13.1. The van der Waals surface area contributed by atoms with Crippen LogP contribution < -0.4 is 16.8 Å². The lowest BCUT2D eigenvalue weighted by Crippen LogP contribution is -2.42. The molecule has 1 aromatic carbocycles. The van der Waals surface area contributed by atoms with Gasteiger partial charge in [0.1, 0.15) is 10.7 Å². The van der Waals surface area contributed by atoms with Gasteiger partial charge in [-0.05, 0) is 17.0 Å². The molecule has 6 nitrogen and oxygen atoms in total. The first-order valence-electron chi connectivity index (χ1n) is 7.81. The van der Waals surface area contributed by atoms with Crippen molar-refractivity contribution in [2.24, 2.45) is 5.84 Å². The second-order valence-corrected chi connectivity index (χ2v) is 7.39. The maximum absolute atomic E-state index is 13.1. The van der Waals surface area contributed by atoms with Crippen molar-refractivity contribution in [3.8, 4) is 10.4 Å². The van der Waals surface area contributed by atoms with Crippen LogP contribution in [0.5, 0.6) is 0 Å². The molecule has 0 aliphatic heterocycles. The second-order valence-electron chi connectivity index (χ2n) is 5.59. The molecule has 0 radical (unpaired) electrons. The molecule has 26 heavy (non-hydrogen) atoms. The van der Waals surface area contributed by atoms with E-state index in [9.17, 15) is 9.59 Å². The van der Waals surface area contributed by atoms with Gasteiger partial charge >= 0.3 is 6.03 Å². The summed E-state index contributed by atoms with van der Waals surface area (Å²) in [6.07, 6.45) is 0.353. The molecule has 4 aromatic rings. The van der Waals surface area contributed by atoms with Crippen LogP contribution in [0.4, 0.5) is 4.79 Å². The molecule has 3 N–H and O–H groups in total. The molecule has 3 aromatic heterocycles. The number of nitrogen functional groups attached to an aromatic ring is 1. The zero-order valence-corrected chi connectivity index (χ0v) is 15.1. The average molecular weight is 382 g/mol. The van der Waals surface area contributed by atoms with Crippen molar-refractivity contribution in [2.75, 3.05) is 0 Å². The first-order valence-corrected chi connectivity index (χ1v) is 9.57. The lowest BCUT2D eigenvalue weighted by molar-refractivity contribution is 0.241. The zero-order valence-electron chi connectivity index (χ0n) is 13.5. The summed E-state index contributed by atoms with van der Waals surface area (Å²) < 4.78 is 1.03. The Morgan fingerprint density at radius 1 is 1.15 bits per heavy atom. The van der Waals surface area contributed by atoms with Gasteiger partial charge in [0.05, 0.1) is 5.39 Å². The Bertz CT molecular complexity index is 1130. The fraction of sp³-hybridized carbons (Fsp3) is 0.0556. The van der Waals surface area contributed by atoms with Gasteiger partial charge in [-0.25, -0.2) is 20.2 Å². The lowest BCUT2D eigenvalue weighted by Gasteiger charge is -2.11. The van der Waals surface area contributed by atoms with Crippen molar-refractivity contribution in [3.63, 3.8) is 0 Å². The van der Waals surface area contributed by atoms with Crippen molar-refractivity contribution in [1.82, 2.24) is 15.0 Å². The van der Waals surface area contributed by atoms with Gasteiger partial charge in [-0.2, -0.15) is 0 Å². The third-order valence-electron chi connectivity index (χ3n) is 4.00. The molecule has 1 amide bonds. The number of hydrogen-bond acceptors (Lipinski definition) is 6. The Balaban J connectivity index is 1.95. The van der Waals surface area contributed by atoms with E-state index in [1.54, 1.807) is 0 Å². The molecule has 0 saturated heterocycles. The Morgan fingerprint density at radius 3 is 2.65 bits per heavy atom. The summed E-state index contributed by atoms with van der Waals surface area (Å²) in [6, 6.07) is 12.7. The number of benzene rings is 1. The third-order valence-corrected chi connectivity index (χ3v) is 5.77. The highest BCUT2D eigenvalue weighted by Gasteiger charge is 2.21. The molecular formula is C18H14N4O2S2. The Labute approximate surface area is 156 Å². The van der Waals surface area contributed by atoms with E-state index in [1.807, 2.05) is 58.7 Å². The number of amides is 1. The van der Waals surface area contributed by atoms with Crippen LogP contribution in [0.25, 0.3) is 20.7 Å². The van der Waals surface area contributed by atoms with Crippen molar-refractivity contribution < 1.29 is 4.79 Å². The number of carbonyl (C=O) groups is 1. The molecule has 130 valence electrons. The topological polar surface area (TPSA) is 90.0 Å². The number of hydrazine groups is 1. The van der Waals surface area contributed by atoms with Gasteiger partial charge in [0.2, 0.25) is 0 Å². The van der Waals surface area contributed by atoms with E-state index in [0.717, 1.165) is 20.6 Å². The van der Waals surface area contributed by atoms with Crippen molar-refractivity contribution >= 4 is 38.9 Å². The standard InChI is InChI=1S/C18H14N4O2S2/c19-21-18(24)22-14(9-11-5-2-1-3-6-11)20-16-15(17(22)23)12(10-26-16)13-7-4-8-25-13/h1-8,10H,9,19H2,(H,21,24). The van der Waals surface area contributed by atoms with Crippen LogP contribution in [0, 0.1) is 0 Å². The van der Waals surface area contributed by atoms with Gasteiger partial charge in [-0.15, -0.1) is 22.7 Å². The SMILES string of the molecule is NNC(=O)n1c(Cc2ccccc2)nc2scc(-c3cccs3)c2c1=O. The van der Waals surface area contributed by atoms with Crippen LogP contribution in [0.1, 0.15) is 11.4 Å². The van der Waals surface area contributed by atoms with Gasteiger partial charge in [-0.1, -0.05) is 36.4 Å². The van der Waals surface area contributed by atoms with Crippen LogP contribution in [0.2, 0.25) is 0 Å². The number of aromatic nitrogens is 2. The highest BCUT2D eigenvalue weighted by atomic mass is 32.1. The minimum Gasteiger partial charge on any atom is -0.275 e. The number of nitrogens with two attached hydrogens (primary N) is 1. The summed E-state index contributed by atoms with van der Waals surface area (Å²) in [5.41, 5.74) is 3.39. The molecule has 0 saturated carbocycles. The predicted octanol–water partition coefficient (Wildman–Crippen LogP) is 3.21. The normalized spacial score (nSPS) is 11.0. The van der Waals surface area contributed by atoms with E-state index in [2.05, 4.69) is 4.98 Å². The number of thiophene rings is 2. The summed E-state index contributed by atoms with van der Waals surface area (Å²) in [7, 11) is 0. The van der Waals surface area contributed by atoms with E-state index in [0.29, 0.717) is 22.5 Å². The summed E-state index contributed by atoms with van der Waals surface area (Å²) in [6.45, 7) is 0. The van der Waals surface area contributed by atoms with E-state index >= 15 is 0 Å². The first-order chi connectivity index (χ1) is 12.7. The second kappa shape index (κ2) is 6.83. The highest BCUT2D eigenvalue weighted by molar-refractivity contribution is 7.18. The zero-order chi connectivity index (χ0) is 18.1. The predicted molar refractivity (Wildman–Crippen MR) is 105 cm³/mol. The number of hydrogen-bond donors (Lipinski definition) is 2. The molecule has 0 fully saturated rings. The number of nitrogens with one attached hydrogen (secondary N) is 1. The van der Waals surface area contributed by atoms with Gasteiger partial charge in [0, 0.05) is 22.2 Å². The van der Waals surface area contributed by atoms with Crippen molar-refractivity contribution in [2.45, 2.75) is 6.42 Å². The van der Waals surface area contributed by atoms with Crippen LogP contribution in [0.15, 0.2) is 58.0 Å². The average Bonchev–Trinajstić information content (AvgIpc) is 3.31. The largest absolute Gasteiger partial charge is 0.344 e. The molecule has 0 bridgehead atoms. The van der Waals surface area contributed by atoms with Crippen molar-refractivity contribution in [1.29, 1.82) is 0 Å². The first kappa shape index (κ1) is 16.6. The Kier molecular flexibility index (Phi) is 4.37. The minimum absolute atomic E-state index is 0.353. The molecule has 0 aliphatic rings. The quantitative estimate of drug-likeness (QED) is 0.323. The van der Waals surface area contributed by atoms with Gasteiger partial charge < -0.3 is 0 Å². The minimum atomic E-state index is -0.696. The molecule has 0 unspecified atom stereocenters. The number of nitrogens with zero attached hydrogens (tertiary/aromatic N) is 2. The molecule has 0 spiro atoms. The maximum Gasteiger partial charge on any atom is 0.344 e. The van der Waals surface area contributed by atoms with E-state index in [4.69, 9.17) is 5.84 Å². The van der Waals surface area contributed by atoms with Crippen LogP contribution in [0.3, 0.4) is 0 Å². The summed E-state index contributed by atoms with van der Waals surface area (Å²) in [5, 5.41) is 4.29. The smallest absolute Gasteiger partial charge is 0.275 e. The molecule has 0 aliphatic carbocycles. The molecular weight excluding hydrogens is 368 g/mol. The van der Waals surface area contributed by atoms with Crippen molar-refractivity contribution in [3.05, 3.63) is 75.0 Å². The Hall–Kier alpha value is -2.81. The van der Waals surface area contributed by atoms with Gasteiger partial charge in [0.15, 0.2) is 0 Å². The van der Waals surface area contributed by atoms with E-state index < -0.39 is 11.6 Å². The fourth-order valence-electron chi connectivity index (χ4n) is 2.82. The summed E-state index contributed by atoms with van der Waals surface area (Å²) >= 11 is 2.93. The summed E-state index contributed by atoms with van der Waals surface area (Å²) in [5.74, 6) is 5.66. The van der Waals surface area contributed by atoms with Gasteiger partial charge in [-0.3, -0.25) is 10.2 Å². The lowest BCUT2D eigenvalue weighted by atomic mass is 10.1. The highest BCUT2D eigenvalue weighted by Crippen LogP contribution is 2.33. The summed E-state index contributed by atoms with van der Waals surface area (Å²) in [4.78, 5) is 31.6. The van der Waals surface area contributed by atoms with Crippen LogP contribution in [-0.4, -0.2) is 15.6 Å². The monoisotopic (exact) mass is 382 g/mol. The van der Waals surface area contributed by atoms with Gasteiger partial charge in [0.25, 0.3) is 5.56 Å².